The van der Waals surface area contributed by atoms with E-state index in [-0.39, 0.29) is 29.7 Å². The molecule has 0 aliphatic carbocycles. The van der Waals surface area contributed by atoms with E-state index < -0.39 is 5.97 Å². The molecule has 0 fully saturated rings. The second-order valence-electron chi connectivity index (χ2n) is 8.28. The van der Waals surface area contributed by atoms with Gasteiger partial charge in [0.2, 0.25) is 0 Å². The van der Waals surface area contributed by atoms with E-state index in [1.54, 1.807) is 60.7 Å². The first-order valence-electron chi connectivity index (χ1n) is 11.7. The zero-order chi connectivity index (χ0) is 27.1. The minimum Gasteiger partial charge on any atom is -0.493 e. The van der Waals surface area contributed by atoms with Gasteiger partial charge in [0.25, 0.3) is 5.91 Å². The van der Waals surface area contributed by atoms with Crippen molar-refractivity contribution < 1.29 is 23.8 Å². The molecule has 0 atom stereocenters. The molecule has 38 heavy (non-hydrogen) atoms. The Morgan fingerprint density at radius 3 is 2.16 bits per heavy atom. The van der Waals surface area contributed by atoms with Crippen LogP contribution in [0, 0.1) is 5.41 Å². The number of amidine groups is 1. The quantitative estimate of drug-likeness (QED) is 0.161. The van der Waals surface area contributed by atoms with Gasteiger partial charge in [-0.1, -0.05) is 48.5 Å². The van der Waals surface area contributed by atoms with Gasteiger partial charge in [0, 0.05) is 22.4 Å². The molecule has 4 rings (SSSR count). The van der Waals surface area contributed by atoms with Crippen molar-refractivity contribution in [2.24, 2.45) is 5.73 Å². The Labute approximate surface area is 220 Å². The Balaban J connectivity index is 1.72. The number of carbonyl (C=O) groups excluding carboxylic acids is 2. The number of esters is 1. The first-order valence-corrected chi connectivity index (χ1v) is 11.7. The summed E-state index contributed by atoms with van der Waals surface area (Å²) >= 11 is 0. The third kappa shape index (κ3) is 5.65. The number of benzene rings is 4. The number of hydrogen-bond acceptors (Lipinski definition) is 6. The van der Waals surface area contributed by atoms with Crippen LogP contribution in [0.15, 0.2) is 91.0 Å². The van der Waals surface area contributed by atoms with E-state index in [9.17, 15) is 9.59 Å². The van der Waals surface area contributed by atoms with Gasteiger partial charge in [-0.15, -0.1) is 0 Å². The largest absolute Gasteiger partial charge is 0.493 e. The number of nitrogens with two attached hydrogens (primary N) is 1. The van der Waals surface area contributed by atoms with Gasteiger partial charge in [-0.3, -0.25) is 10.2 Å². The molecule has 4 aromatic carbocycles. The molecular weight excluding hydrogens is 482 g/mol. The Morgan fingerprint density at radius 2 is 1.50 bits per heavy atom. The van der Waals surface area contributed by atoms with Crippen molar-refractivity contribution in [3.63, 3.8) is 0 Å². The lowest BCUT2D eigenvalue weighted by molar-refractivity contribution is 0.0469. The molecule has 192 valence electrons. The minimum absolute atomic E-state index is 0.0617. The van der Waals surface area contributed by atoms with Crippen LogP contribution < -0.4 is 20.5 Å². The Bertz CT molecular complexity index is 1470. The zero-order valence-corrected chi connectivity index (χ0v) is 21.0. The Kier molecular flexibility index (Phi) is 8.03. The van der Waals surface area contributed by atoms with Gasteiger partial charge in [-0.2, -0.15) is 0 Å². The third-order valence-electron chi connectivity index (χ3n) is 5.88. The van der Waals surface area contributed by atoms with E-state index in [0.717, 1.165) is 5.56 Å². The molecule has 0 saturated carbocycles. The topological polar surface area (TPSA) is 124 Å². The summed E-state index contributed by atoms with van der Waals surface area (Å²) in [5.41, 5.74) is 8.89. The molecule has 0 bridgehead atoms. The first-order chi connectivity index (χ1) is 18.4. The van der Waals surface area contributed by atoms with Crippen molar-refractivity contribution in [3.8, 4) is 22.6 Å². The summed E-state index contributed by atoms with van der Waals surface area (Å²) in [5, 5.41) is 10.4. The van der Waals surface area contributed by atoms with Crippen LogP contribution in [-0.2, 0) is 11.3 Å². The van der Waals surface area contributed by atoms with E-state index in [4.69, 9.17) is 25.4 Å². The van der Waals surface area contributed by atoms with Crippen molar-refractivity contribution in [2.75, 3.05) is 19.5 Å². The van der Waals surface area contributed by atoms with E-state index in [0.29, 0.717) is 33.7 Å². The number of ether oxygens (including phenoxy) is 3. The minimum atomic E-state index is -0.616. The van der Waals surface area contributed by atoms with Gasteiger partial charge < -0.3 is 25.3 Å². The molecule has 0 saturated heterocycles. The van der Waals surface area contributed by atoms with Crippen molar-refractivity contribution in [1.82, 2.24) is 0 Å². The van der Waals surface area contributed by atoms with Crippen molar-refractivity contribution in [3.05, 3.63) is 113 Å². The third-order valence-corrected chi connectivity index (χ3v) is 5.88. The Morgan fingerprint density at radius 1 is 0.816 bits per heavy atom. The number of nitrogens with one attached hydrogen (secondary N) is 2. The van der Waals surface area contributed by atoms with Gasteiger partial charge in [0.05, 0.1) is 14.2 Å². The molecule has 0 heterocycles. The van der Waals surface area contributed by atoms with E-state index in [1.807, 2.05) is 30.3 Å². The fourth-order valence-electron chi connectivity index (χ4n) is 4.00. The molecule has 4 aromatic rings. The van der Waals surface area contributed by atoms with Gasteiger partial charge >= 0.3 is 5.97 Å². The van der Waals surface area contributed by atoms with E-state index in [1.165, 1.54) is 14.2 Å². The van der Waals surface area contributed by atoms with Crippen LogP contribution in [0.2, 0.25) is 0 Å². The number of amides is 1. The van der Waals surface area contributed by atoms with Crippen LogP contribution >= 0.6 is 0 Å². The Hall–Kier alpha value is -5.11. The molecule has 8 nitrogen and oxygen atoms in total. The number of carbonyl (C=O) groups is 2. The van der Waals surface area contributed by atoms with E-state index >= 15 is 0 Å². The van der Waals surface area contributed by atoms with Crippen LogP contribution in [-0.4, -0.2) is 31.9 Å². The van der Waals surface area contributed by atoms with Crippen LogP contribution in [0.1, 0.15) is 31.8 Å². The number of nitrogen functional groups attached to an aromatic ring is 1. The molecule has 0 aromatic heterocycles. The van der Waals surface area contributed by atoms with Crippen LogP contribution in [0.3, 0.4) is 0 Å². The summed E-state index contributed by atoms with van der Waals surface area (Å²) in [6, 6.07) is 26.3. The molecular formula is C30H27N3O5. The highest BCUT2D eigenvalue weighted by molar-refractivity contribution is 6.11. The maximum atomic E-state index is 13.4. The van der Waals surface area contributed by atoms with Crippen LogP contribution in [0.25, 0.3) is 11.1 Å². The number of rotatable bonds is 9. The summed E-state index contributed by atoms with van der Waals surface area (Å²) in [4.78, 5) is 26.8. The molecule has 1 amide bonds. The van der Waals surface area contributed by atoms with Gasteiger partial charge in [0.15, 0.2) is 11.5 Å². The summed E-state index contributed by atoms with van der Waals surface area (Å²) in [6.45, 7) is 0.0673. The van der Waals surface area contributed by atoms with Crippen molar-refractivity contribution >= 4 is 23.4 Å². The lowest BCUT2D eigenvalue weighted by atomic mass is 9.93. The highest BCUT2D eigenvalue weighted by atomic mass is 16.5. The second-order valence-corrected chi connectivity index (χ2v) is 8.28. The fourth-order valence-corrected chi connectivity index (χ4v) is 4.00. The van der Waals surface area contributed by atoms with Crippen LogP contribution in [0.4, 0.5) is 5.69 Å². The van der Waals surface area contributed by atoms with Crippen molar-refractivity contribution in [2.45, 2.75) is 6.61 Å². The predicted octanol–water partition coefficient (Wildman–Crippen LogP) is 5.26. The number of hydrogen-bond donors (Lipinski definition) is 3. The fraction of sp³-hybridized carbons (Fsp3) is 0.100. The molecule has 4 N–H and O–H groups in total. The maximum absolute atomic E-state index is 13.4. The van der Waals surface area contributed by atoms with E-state index in [2.05, 4.69) is 5.32 Å². The average Bonchev–Trinajstić information content (AvgIpc) is 2.95. The molecule has 0 aliphatic rings. The molecule has 0 aliphatic heterocycles. The molecule has 8 heteroatoms. The van der Waals surface area contributed by atoms with Gasteiger partial charge in [-0.05, 0) is 53.6 Å². The summed E-state index contributed by atoms with van der Waals surface area (Å²) < 4.78 is 16.6. The van der Waals surface area contributed by atoms with Crippen LogP contribution in [0.5, 0.6) is 11.5 Å². The smallest absolute Gasteiger partial charge is 0.343 e. The summed E-state index contributed by atoms with van der Waals surface area (Å²) in [5.74, 6) is -0.494. The standard InChI is InChI=1S/C30H27N3O5/c1-36-25-17-16-23(26(27(25)37-2)30(35)38-18-19-8-4-3-5-9-19)22-10-6-7-11-24(22)29(34)33-21-14-12-20(13-15-21)28(31)32/h3-17H,18H2,1-2H3,(H3,31,32)(H,33,34). The zero-order valence-electron chi connectivity index (χ0n) is 21.0. The second kappa shape index (κ2) is 11.7. The summed E-state index contributed by atoms with van der Waals surface area (Å²) in [7, 11) is 2.92. The SMILES string of the molecule is COc1ccc(-c2ccccc2C(=O)Nc2ccc(C(=N)N)cc2)c(C(=O)OCc2ccccc2)c1OC. The lowest BCUT2D eigenvalue weighted by Gasteiger charge is -2.18. The number of anilines is 1. The molecule has 0 radical (unpaired) electrons. The number of methoxy groups -OCH3 is 2. The average molecular weight is 510 g/mol. The first kappa shape index (κ1) is 26.0. The highest BCUT2D eigenvalue weighted by Gasteiger charge is 2.26. The maximum Gasteiger partial charge on any atom is 0.343 e. The van der Waals surface area contributed by atoms with Gasteiger partial charge in [-0.25, -0.2) is 4.79 Å². The lowest BCUT2D eigenvalue weighted by Crippen LogP contribution is -2.15. The normalized spacial score (nSPS) is 10.4. The summed E-state index contributed by atoms with van der Waals surface area (Å²) in [6.07, 6.45) is 0. The highest BCUT2D eigenvalue weighted by Crippen LogP contribution is 2.40. The van der Waals surface area contributed by atoms with Gasteiger partial charge in [0.1, 0.15) is 18.0 Å². The monoisotopic (exact) mass is 509 g/mol. The molecule has 0 spiro atoms. The molecule has 0 unspecified atom stereocenters. The van der Waals surface area contributed by atoms with Crippen molar-refractivity contribution in [1.29, 1.82) is 5.41 Å². The predicted molar refractivity (Wildman–Crippen MR) is 146 cm³/mol.